The van der Waals surface area contributed by atoms with Gasteiger partial charge in [-0.05, 0) is 49.6 Å². The van der Waals surface area contributed by atoms with Crippen molar-refractivity contribution in [1.82, 2.24) is 5.32 Å². The zero-order chi connectivity index (χ0) is 18.6. The third-order valence-electron chi connectivity index (χ3n) is 4.14. The van der Waals surface area contributed by atoms with Crippen LogP contribution in [0.15, 0.2) is 48.5 Å². The average molecular weight is 360 g/mol. The van der Waals surface area contributed by atoms with Gasteiger partial charge in [0.05, 0.1) is 18.0 Å². The maximum atomic E-state index is 12.4. The highest BCUT2D eigenvalue weighted by Crippen LogP contribution is 2.18. The minimum atomic E-state index is -3.55. The van der Waals surface area contributed by atoms with Gasteiger partial charge in [0, 0.05) is 0 Å². The first-order chi connectivity index (χ1) is 11.7. The number of hydrogen-bond acceptors (Lipinski definition) is 3. The van der Waals surface area contributed by atoms with Crippen LogP contribution in [0.5, 0.6) is 0 Å². The van der Waals surface area contributed by atoms with Crippen molar-refractivity contribution < 1.29 is 13.2 Å². The van der Waals surface area contributed by atoms with Gasteiger partial charge in [-0.2, -0.15) is 0 Å². The summed E-state index contributed by atoms with van der Waals surface area (Å²) in [6.45, 7) is 5.69. The van der Waals surface area contributed by atoms with E-state index in [9.17, 15) is 13.2 Å². The Labute approximate surface area is 149 Å². The zero-order valence-electron chi connectivity index (χ0n) is 15.0. The minimum absolute atomic E-state index is 0.205. The van der Waals surface area contributed by atoms with Crippen molar-refractivity contribution in [3.8, 4) is 0 Å². The number of nitrogens with zero attached hydrogens (tertiary/aromatic N) is 1. The van der Waals surface area contributed by atoms with Crippen molar-refractivity contribution in [3.05, 3.63) is 65.2 Å². The largest absolute Gasteiger partial charge is 0.348 e. The van der Waals surface area contributed by atoms with E-state index in [4.69, 9.17) is 0 Å². The third kappa shape index (κ3) is 5.06. The Balaban J connectivity index is 2.12. The van der Waals surface area contributed by atoms with E-state index in [1.54, 1.807) is 30.3 Å². The number of carbonyl (C=O) groups excluding carboxylic acids is 1. The van der Waals surface area contributed by atoms with E-state index < -0.39 is 10.0 Å². The van der Waals surface area contributed by atoms with Crippen molar-refractivity contribution >= 4 is 21.6 Å². The maximum absolute atomic E-state index is 12.4. The van der Waals surface area contributed by atoms with Crippen molar-refractivity contribution in [1.29, 1.82) is 0 Å². The van der Waals surface area contributed by atoms with Gasteiger partial charge in [-0.1, -0.05) is 36.4 Å². The van der Waals surface area contributed by atoms with Crippen LogP contribution in [0.2, 0.25) is 0 Å². The molecule has 1 amide bonds. The van der Waals surface area contributed by atoms with Crippen LogP contribution < -0.4 is 9.62 Å². The molecule has 2 aromatic rings. The molecule has 2 aromatic carbocycles. The number of sulfonamides is 1. The minimum Gasteiger partial charge on any atom is -0.348 e. The van der Waals surface area contributed by atoms with E-state index in [2.05, 4.69) is 5.32 Å². The molecular formula is C19H24N2O3S. The van der Waals surface area contributed by atoms with E-state index in [1.807, 2.05) is 39.0 Å². The molecule has 2 rings (SSSR count). The van der Waals surface area contributed by atoms with Crippen LogP contribution in [0.1, 0.15) is 29.7 Å². The summed E-state index contributed by atoms with van der Waals surface area (Å²) in [4.78, 5) is 12.4. The molecular weight excluding hydrogens is 336 g/mol. The van der Waals surface area contributed by atoms with Gasteiger partial charge in [0.15, 0.2) is 0 Å². The Morgan fingerprint density at radius 3 is 2.28 bits per heavy atom. The van der Waals surface area contributed by atoms with E-state index in [0.29, 0.717) is 5.69 Å². The molecule has 0 aromatic heterocycles. The van der Waals surface area contributed by atoms with Crippen LogP contribution in [0.25, 0.3) is 0 Å². The van der Waals surface area contributed by atoms with Gasteiger partial charge in [0.2, 0.25) is 15.9 Å². The summed E-state index contributed by atoms with van der Waals surface area (Å²) in [6, 6.07) is 14.4. The van der Waals surface area contributed by atoms with Crippen molar-refractivity contribution in [3.63, 3.8) is 0 Å². The second-order valence-electron chi connectivity index (χ2n) is 6.24. The molecule has 0 aliphatic rings. The SMILES string of the molecule is Cc1ccc([C@H](C)NC(=O)CN(c2ccccc2)S(C)(=O)=O)cc1C. The van der Waals surface area contributed by atoms with Gasteiger partial charge in [0.1, 0.15) is 6.54 Å². The molecule has 0 radical (unpaired) electrons. The molecule has 0 heterocycles. The molecule has 0 aliphatic carbocycles. The number of rotatable bonds is 6. The monoisotopic (exact) mass is 360 g/mol. The highest BCUT2D eigenvalue weighted by molar-refractivity contribution is 7.92. The Morgan fingerprint density at radius 1 is 1.08 bits per heavy atom. The fourth-order valence-corrected chi connectivity index (χ4v) is 3.39. The van der Waals surface area contributed by atoms with E-state index >= 15 is 0 Å². The molecule has 0 spiro atoms. The third-order valence-corrected chi connectivity index (χ3v) is 5.28. The number of amides is 1. The fraction of sp³-hybridized carbons (Fsp3) is 0.316. The lowest BCUT2D eigenvalue weighted by molar-refractivity contribution is -0.120. The summed E-state index contributed by atoms with van der Waals surface area (Å²) in [5.74, 6) is -0.347. The molecule has 0 unspecified atom stereocenters. The zero-order valence-corrected chi connectivity index (χ0v) is 15.8. The molecule has 6 heteroatoms. The number of nitrogens with one attached hydrogen (secondary N) is 1. The Kier molecular flexibility index (Phi) is 5.85. The number of benzene rings is 2. The Bertz CT molecular complexity index is 848. The van der Waals surface area contributed by atoms with Gasteiger partial charge in [-0.15, -0.1) is 0 Å². The summed E-state index contributed by atoms with van der Waals surface area (Å²) in [6.07, 6.45) is 1.10. The van der Waals surface area contributed by atoms with Crippen molar-refractivity contribution in [2.24, 2.45) is 0 Å². The standard InChI is InChI=1S/C19H24N2O3S/c1-14-10-11-17(12-15(14)2)16(3)20-19(22)13-21(25(4,23)24)18-8-6-5-7-9-18/h5-12,16H,13H2,1-4H3,(H,20,22)/t16-/m0/s1. The molecule has 0 saturated carbocycles. The van der Waals surface area contributed by atoms with Crippen LogP contribution in [0.3, 0.4) is 0 Å². The van der Waals surface area contributed by atoms with Crippen molar-refractivity contribution in [2.45, 2.75) is 26.8 Å². The highest BCUT2D eigenvalue weighted by Gasteiger charge is 2.21. The number of para-hydroxylation sites is 1. The predicted octanol–water partition coefficient (Wildman–Crippen LogP) is 2.95. The molecule has 0 aliphatic heterocycles. The molecule has 0 bridgehead atoms. The fourth-order valence-electron chi connectivity index (χ4n) is 2.53. The molecule has 1 atom stereocenters. The summed E-state index contributed by atoms with van der Waals surface area (Å²) < 4.78 is 25.2. The lowest BCUT2D eigenvalue weighted by Gasteiger charge is -2.23. The topological polar surface area (TPSA) is 66.5 Å². The van der Waals surface area contributed by atoms with Gasteiger partial charge in [0.25, 0.3) is 0 Å². The summed E-state index contributed by atoms with van der Waals surface area (Å²) in [5, 5.41) is 2.87. The number of hydrogen-bond donors (Lipinski definition) is 1. The Morgan fingerprint density at radius 2 is 1.72 bits per heavy atom. The molecule has 5 nitrogen and oxygen atoms in total. The van der Waals surface area contributed by atoms with Gasteiger partial charge in [-0.25, -0.2) is 8.42 Å². The molecule has 0 saturated heterocycles. The summed E-state index contributed by atoms with van der Waals surface area (Å²) in [7, 11) is -3.55. The second-order valence-corrected chi connectivity index (χ2v) is 8.14. The summed E-state index contributed by atoms with van der Waals surface area (Å²) in [5.41, 5.74) is 3.80. The lowest BCUT2D eigenvalue weighted by Crippen LogP contribution is -2.41. The average Bonchev–Trinajstić information content (AvgIpc) is 2.55. The number of anilines is 1. The Hall–Kier alpha value is -2.34. The summed E-state index contributed by atoms with van der Waals surface area (Å²) >= 11 is 0. The highest BCUT2D eigenvalue weighted by atomic mass is 32.2. The van der Waals surface area contributed by atoms with E-state index in [1.165, 1.54) is 5.56 Å². The molecule has 134 valence electrons. The lowest BCUT2D eigenvalue weighted by atomic mass is 10.0. The van der Waals surface area contributed by atoms with Crippen molar-refractivity contribution in [2.75, 3.05) is 17.1 Å². The number of carbonyl (C=O) groups is 1. The molecule has 25 heavy (non-hydrogen) atoms. The first-order valence-corrected chi connectivity index (χ1v) is 9.92. The van der Waals surface area contributed by atoms with Gasteiger partial charge in [-0.3, -0.25) is 9.10 Å². The normalized spacial score (nSPS) is 12.5. The first kappa shape index (κ1) is 19.0. The quantitative estimate of drug-likeness (QED) is 0.861. The van der Waals surface area contributed by atoms with Crippen LogP contribution in [-0.4, -0.2) is 27.1 Å². The first-order valence-electron chi connectivity index (χ1n) is 8.08. The van der Waals surface area contributed by atoms with E-state index in [-0.39, 0.29) is 18.5 Å². The van der Waals surface area contributed by atoms with Crippen LogP contribution in [-0.2, 0) is 14.8 Å². The van der Waals surface area contributed by atoms with Gasteiger partial charge >= 0.3 is 0 Å². The smallest absolute Gasteiger partial charge is 0.241 e. The molecule has 0 fully saturated rings. The maximum Gasteiger partial charge on any atom is 0.241 e. The second kappa shape index (κ2) is 7.70. The van der Waals surface area contributed by atoms with Crippen LogP contribution in [0.4, 0.5) is 5.69 Å². The number of aryl methyl sites for hydroxylation is 2. The van der Waals surface area contributed by atoms with Crippen LogP contribution >= 0.6 is 0 Å². The van der Waals surface area contributed by atoms with Gasteiger partial charge < -0.3 is 5.32 Å². The molecule has 1 N–H and O–H groups in total. The predicted molar refractivity (Wildman–Crippen MR) is 101 cm³/mol. The van der Waals surface area contributed by atoms with E-state index in [0.717, 1.165) is 21.7 Å². The van der Waals surface area contributed by atoms with Crippen LogP contribution in [0, 0.1) is 13.8 Å².